The molecule has 0 bridgehead atoms. The van der Waals surface area contributed by atoms with Gasteiger partial charge in [0.2, 0.25) is 0 Å². The molecule has 4 N–H and O–H groups in total. The summed E-state index contributed by atoms with van der Waals surface area (Å²) in [7, 11) is 6.33. The first-order valence-corrected chi connectivity index (χ1v) is 7.51. The van der Waals surface area contributed by atoms with Crippen molar-refractivity contribution in [2.24, 2.45) is 11.5 Å². The molecule has 0 spiro atoms. The van der Waals surface area contributed by atoms with E-state index in [4.69, 9.17) is 30.4 Å². The van der Waals surface area contributed by atoms with E-state index in [1.54, 1.807) is 28.4 Å². The first-order chi connectivity index (χ1) is 11.6. The lowest BCUT2D eigenvalue weighted by Gasteiger charge is -2.26. The van der Waals surface area contributed by atoms with E-state index in [0.29, 0.717) is 34.1 Å². The number of hydrogen-bond acceptors (Lipinski definition) is 6. The average molecular weight is 332 g/mol. The van der Waals surface area contributed by atoms with Crippen molar-refractivity contribution in [3.05, 3.63) is 47.5 Å². The normalized spacial score (nSPS) is 13.1. The van der Waals surface area contributed by atoms with Gasteiger partial charge in [0.1, 0.15) is 23.0 Å². The lowest BCUT2D eigenvalue weighted by atomic mass is 9.92. The molecule has 0 aliphatic heterocycles. The topological polar surface area (TPSA) is 89.0 Å². The van der Waals surface area contributed by atoms with E-state index in [-0.39, 0.29) is 0 Å². The Labute approximate surface area is 142 Å². The van der Waals surface area contributed by atoms with Crippen molar-refractivity contribution >= 4 is 0 Å². The Balaban J connectivity index is 2.54. The molecular weight excluding hydrogens is 308 g/mol. The number of nitrogens with two attached hydrogens (primary N) is 2. The van der Waals surface area contributed by atoms with Crippen molar-refractivity contribution in [3.63, 3.8) is 0 Å². The molecule has 0 aliphatic rings. The molecule has 24 heavy (non-hydrogen) atoms. The van der Waals surface area contributed by atoms with Gasteiger partial charge in [-0.3, -0.25) is 0 Å². The van der Waals surface area contributed by atoms with Gasteiger partial charge < -0.3 is 30.4 Å². The average Bonchev–Trinajstić information content (AvgIpc) is 2.65. The zero-order chi connectivity index (χ0) is 17.7. The zero-order valence-electron chi connectivity index (χ0n) is 14.4. The molecule has 130 valence electrons. The van der Waals surface area contributed by atoms with Crippen LogP contribution in [-0.2, 0) is 0 Å². The zero-order valence-corrected chi connectivity index (χ0v) is 14.4. The van der Waals surface area contributed by atoms with Crippen LogP contribution in [0.2, 0.25) is 0 Å². The molecule has 0 aromatic heterocycles. The van der Waals surface area contributed by atoms with Crippen molar-refractivity contribution in [1.29, 1.82) is 0 Å². The van der Waals surface area contributed by atoms with Gasteiger partial charge in [0.05, 0.1) is 51.6 Å². The number of ether oxygens (including phenoxy) is 4. The molecule has 0 saturated heterocycles. The van der Waals surface area contributed by atoms with Crippen LogP contribution in [0, 0.1) is 0 Å². The van der Waals surface area contributed by atoms with E-state index in [0.717, 1.165) is 0 Å². The standard InChI is InChI=1S/C18H24N2O4/c1-21-11-7-5-8-12(22-2)15(11)17(19)18(20)16-13(23-3)9-6-10-14(16)24-4/h5-10,17-18H,19-20H2,1-4H3. The minimum Gasteiger partial charge on any atom is -0.496 e. The second-order valence-electron chi connectivity index (χ2n) is 5.20. The van der Waals surface area contributed by atoms with Crippen LogP contribution in [0.25, 0.3) is 0 Å². The Hall–Kier alpha value is -2.44. The second kappa shape index (κ2) is 7.90. The third-order valence-electron chi connectivity index (χ3n) is 3.99. The Morgan fingerprint density at radius 1 is 0.583 bits per heavy atom. The van der Waals surface area contributed by atoms with E-state index in [1.807, 2.05) is 36.4 Å². The van der Waals surface area contributed by atoms with Crippen LogP contribution in [0.15, 0.2) is 36.4 Å². The largest absolute Gasteiger partial charge is 0.496 e. The second-order valence-corrected chi connectivity index (χ2v) is 5.20. The summed E-state index contributed by atoms with van der Waals surface area (Å²) in [6.45, 7) is 0. The highest BCUT2D eigenvalue weighted by atomic mass is 16.5. The van der Waals surface area contributed by atoms with E-state index in [9.17, 15) is 0 Å². The minimum atomic E-state index is -0.582. The third-order valence-corrected chi connectivity index (χ3v) is 3.99. The maximum Gasteiger partial charge on any atom is 0.127 e. The molecule has 0 heterocycles. The Morgan fingerprint density at radius 3 is 1.04 bits per heavy atom. The van der Waals surface area contributed by atoms with Crippen molar-refractivity contribution in [3.8, 4) is 23.0 Å². The first kappa shape index (κ1) is 17.9. The SMILES string of the molecule is COc1cccc(OC)c1C(N)C(N)c1c(OC)cccc1OC. The molecule has 6 nitrogen and oxygen atoms in total. The van der Waals surface area contributed by atoms with Gasteiger partial charge in [0.25, 0.3) is 0 Å². The molecule has 2 unspecified atom stereocenters. The summed E-state index contributed by atoms with van der Waals surface area (Å²) in [6, 6.07) is 9.80. The molecule has 2 rings (SSSR count). The van der Waals surface area contributed by atoms with Crippen LogP contribution < -0.4 is 30.4 Å². The summed E-state index contributed by atoms with van der Waals surface area (Å²) in [4.78, 5) is 0. The number of hydrogen-bond donors (Lipinski definition) is 2. The molecule has 2 aromatic carbocycles. The van der Waals surface area contributed by atoms with Crippen LogP contribution in [0.3, 0.4) is 0 Å². The van der Waals surface area contributed by atoms with E-state index in [2.05, 4.69) is 0 Å². The van der Waals surface area contributed by atoms with Crippen molar-refractivity contribution in [1.82, 2.24) is 0 Å². The Bertz CT molecular complexity index is 587. The number of benzene rings is 2. The van der Waals surface area contributed by atoms with E-state index in [1.165, 1.54) is 0 Å². The summed E-state index contributed by atoms with van der Waals surface area (Å²) in [5, 5.41) is 0. The predicted molar refractivity (Wildman–Crippen MR) is 92.9 cm³/mol. The van der Waals surface area contributed by atoms with E-state index < -0.39 is 12.1 Å². The highest BCUT2D eigenvalue weighted by Gasteiger charge is 2.28. The van der Waals surface area contributed by atoms with Gasteiger partial charge in [-0.25, -0.2) is 0 Å². The maximum absolute atomic E-state index is 6.47. The van der Waals surface area contributed by atoms with Crippen LogP contribution in [0.5, 0.6) is 23.0 Å². The molecule has 6 heteroatoms. The van der Waals surface area contributed by atoms with Crippen LogP contribution in [0.1, 0.15) is 23.2 Å². The Kier molecular flexibility index (Phi) is 5.89. The van der Waals surface area contributed by atoms with Crippen molar-refractivity contribution in [2.45, 2.75) is 12.1 Å². The van der Waals surface area contributed by atoms with Gasteiger partial charge in [-0.1, -0.05) is 12.1 Å². The van der Waals surface area contributed by atoms with Gasteiger partial charge in [-0.15, -0.1) is 0 Å². The molecule has 0 fully saturated rings. The molecule has 0 radical (unpaired) electrons. The quantitative estimate of drug-likeness (QED) is 0.809. The van der Waals surface area contributed by atoms with Gasteiger partial charge in [0.15, 0.2) is 0 Å². The molecule has 0 amide bonds. The maximum atomic E-state index is 6.47. The predicted octanol–water partition coefficient (Wildman–Crippen LogP) is 2.42. The highest BCUT2D eigenvalue weighted by Crippen LogP contribution is 2.42. The molecular formula is C18H24N2O4. The van der Waals surface area contributed by atoms with Crippen molar-refractivity contribution < 1.29 is 18.9 Å². The minimum absolute atomic E-state index is 0.582. The summed E-state index contributed by atoms with van der Waals surface area (Å²) in [5.41, 5.74) is 14.3. The van der Waals surface area contributed by atoms with Crippen molar-refractivity contribution in [2.75, 3.05) is 28.4 Å². The Morgan fingerprint density at radius 2 is 0.833 bits per heavy atom. The van der Waals surface area contributed by atoms with Gasteiger partial charge in [0, 0.05) is 0 Å². The van der Waals surface area contributed by atoms with Crippen LogP contribution in [-0.4, -0.2) is 28.4 Å². The first-order valence-electron chi connectivity index (χ1n) is 7.51. The fourth-order valence-corrected chi connectivity index (χ4v) is 2.78. The van der Waals surface area contributed by atoms with Gasteiger partial charge in [-0.2, -0.15) is 0 Å². The third kappa shape index (κ3) is 3.25. The lowest BCUT2D eigenvalue weighted by molar-refractivity contribution is 0.358. The number of methoxy groups -OCH3 is 4. The summed E-state index contributed by atoms with van der Waals surface area (Å²) >= 11 is 0. The smallest absolute Gasteiger partial charge is 0.127 e. The summed E-state index contributed by atoms with van der Waals surface area (Å²) in [6.07, 6.45) is 0. The molecule has 2 atom stereocenters. The molecule has 2 aromatic rings. The fraction of sp³-hybridized carbons (Fsp3) is 0.333. The molecule has 0 saturated carbocycles. The summed E-state index contributed by atoms with van der Waals surface area (Å²) < 4.78 is 21.7. The monoisotopic (exact) mass is 332 g/mol. The van der Waals surface area contributed by atoms with Gasteiger partial charge >= 0.3 is 0 Å². The summed E-state index contributed by atoms with van der Waals surface area (Å²) in [5.74, 6) is 2.47. The van der Waals surface area contributed by atoms with Gasteiger partial charge in [-0.05, 0) is 24.3 Å². The fourth-order valence-electron chi connectivity index (χ4n) is 2.78. The van der Waals surface area contributed by atoms with Crippen LogP contribution in [0.4, 0.5) is 0 Å². The van der Waals surface area contributed by atoms with E-state index >= 15 is 0 Å². The molecule has 0 aliphatic carbocycles. The lowest BCUT2D eigenvalue weighted by Crippen LogP contribution is -2.28. The van der Waals surface area contributed by atoms with Crippen LogP contribution >= 0.6 is 0 Å². The highest BCUT2D eigenvalue weighted by molar-refractivity contribution is 5.52. The number of rotatable bonds is 7.